The molecule has 1 amide bonds. The van der Waals surface area contributed by atoms with Gasteiger partial charge in [-0.15, -0.1) is 0 Å². The number of rotatable bonds is 2. The molecule has 5 nitrogen and oxygen atoms in total. The van der Waals surface area contributed by atoms with Gasteiger partial charge in [0.15, 0.2) is 5.69 Å². The second-order valence-corrected chi connectivity index (χ2v) is 2.84. The predicted molar refractivity (Wildman–Crippen MR) is 44.8 cm³/mol. The highest BCUT2D eigenvalue weighted by Crippen LogP contribution is 2.08. The summed E-state index contributed by atoms with van der Waals surface area (Å²) < 4.78 is 0. The maximum absolute atomic E-state index is 11.3. The first-order valence-electron chi connectivity index (χ1n) is 3.90. The molecule has 0 saturated carbocycles. The first-order chi connectivity index (χ1) is 6.11. The number of hydrogen-bond donors (Lipinski definition) is 1. The summed E-state index contributed by atoms with van der Waals surface area (Å²) in [6, 6.07) is -0.0195. The number of hydrogen-bond acceptors (Lipinski definition) is 3. The van der Waals surface area contributed by atoms with Crippen molar-refractivity contribution >= 4 is 5.91 Å². The molecule has 0 atom stereocenters. The van der Waals surface area contributed by atoms with Gasteiger partial charge in [0.2, 0.25) is 0 Å². The quantitative estimate of drug-likeness (QED) is 0.730. The van der Waals surface area contributed by atoms with Crippen molar-refractivity contribution in [2.75, 3.05) is 0 Å². The van der Waals surface area contributed by atoms with Gasteiger partial charge in [0.1, 0.15) is 0 Å². The van der Waals surface area contributed by atoms with Crippen LogP contribution in [0.15, 0.2) is 12.4 Å². The van der Waals surface area contributed by atoms with Crippen LogP contribution in [0.25, 0.3) is 0 Å². The Morgan fingerprint density at radius 2 is 2.00 bits per heavy atom. The molecule has 0 fully saturated rings. The molecule has 1 radical (unpaired) electrons. The Labute approximate surface area is 75.8 Å². The number of nitrogens with zero attached hydrogens (tertiary/aromatic N) is 2. The molecule has 13 heavy (non-hydrogen) atoms. The van der Waals surface area contributed by atoms with E-state index in [-0.39, 0.29) is 11.7 Å². The van der Waals surface area contributed by atoms with Crippen LogP contribution in [0.3, 0.4) is 0 Å². The minimum absolute atomic E-state index is 0.0195. The maximum atomic E-state index is 11.3. The average molecular weight is 180 g/mol. The van der Waals surface area contributed by atoms with Gasteiger partial charge >= 0.3 is 5.88 Å². The number of carbonyl (C=O) groups is 1. The Balaban J connectivity index is 2.83. The van der Waals surface area contributed by atoms with E-state index in [0.29, 0.717) is 0 Å². The zero-order valence-corrected chi connectivity index (χ0v) is 7.44. The van der Waals surface area contributed by atoms with E-state index in [0.717, 1.165) is 0 Å². The number of amides is 1. The maximum Gasteiger partial charge on any atom is 0.301 e. The predicted octanol–water partition coefficient (Wildman–Crippen LogP) is 0.759. The fourth-order valence-corrected chi connectivity index (χ4v) is 0.812. The van der Waals surface area contributed by atoms with Crippen LogP contribution in [0.5, 0.6) is 5.88 Å². The van der Waals surface area contributed by atoms with E-state index in [2.05, 4.69) is 15.3 Å². The van der Waals surface area contributed by atoms with E-state index in [1.54, 1.807) is 13.8 Å². The largest absolute Gasteiger partial charge is 0.348 e. The Hall–Kier alpha value is -1.65. The highest BCUT2D eigenvalue weighted by atomic mass is 16.3. The second kappa shape index (κ2) is 3.84. The van der Waals surface area contributed by atoms with Gasteiger partial charge in [0.05, 0.1) is 0 Å². The van der Waals surface area contributed by atoms with Crippen LogP contribution < -0.4 is 5.32 Å². The molecular formula is C8H10N3O2. The minimum Gasteiger partial charge on any atom is -0.348 e. The lowest BCUT2D eigenvalue weighted by molar-refractivity contribution is 0.0932. The van der Waals surface area contributed by atoms with Crippen molar-refractivity contribution < 1.29 is 9.90 Å². The summed E-state index contributed by atoms with van der Waals surface area (Å²) in [4.78, 5) is 18.3. The second-order valence-electron chi connectivity index (χ2n) is 2.84. The van der Waals surface area contributed by atoms with Gasteiger partial charge in [-0.1, -0.05) is 0 Å². The molecule has 0 aliphatic rings. The van der Waals surface area contributed by atoms with E-state index < -0.39 is 11.8 Å². The molecule has 1 aromatic heterocycles. The van der Waals surface area contributed by atoms with Crippen molar-refractivity contribution in [1.82, 2.24) is 15.3 Å². The minimum atomic E-state index is -0.597. The number of aromatic nitrogens is 2. The van der Waals surface area contributed by atoms with Crippen LogP contribution in [0, 0.1) is 0 Å². The molecule has 0 aliphatic carbocycles. The van der Waals surface area contributed by atoms with Crippen LogP contribution in [0.4, 0.5) is 0 Å². The molecule has 1 N–H and O–H groups in total. The molecule has 0 spiro atoms. The summed E-state index contributed by atoms with van der Waals surface area (Å²) in [5, 5.41) is 13.6. The normalized spacial score (nSPS) is 10.1. The highest BCUT2D eigenvalue weighted by Gasteiger charge is 2.14. The van der Waals surface area contributed by atoms with Crippen LogP contribution in [0.1, 0.15) is 24.3 Å². The number of carbonyl (C=O) groups excluding carboxylic acids is 1. The third kappa shape index (κ3) is 2.40. The van der Waals surface area contributed by atoms with Gasteiger partial charge in [-0.3, -0.25) is 9.90 Å². The molecule has 0 saturated heterocycles. The summed E-state index contributed by atoms with van der Waals surface area (Å²) in [6.45, 7) is 3.61. The smallest absolute Gasteiger partial charge is 0.301 e. The first-order valence-corrected chi connectivity index (χ1v) is 3.90. The van der Waals surface area contributed by atoms with Gasteiger partial charge in [-0.25, -0.2) is 9.97 Å². The molecular weight excluding hydrogens is 170 g/mol. The van der Waals surface area contributed by atoms with Crippen molar-refractivity contribution in [3.8, 4) is 5.88 Å². The zero-order chi connectivity index (χ0) is 9.84. The van der Waals surface area contributed by atoms with Crippen LogP contribution in [-0.4, -0.2) is 21.9 Å². The lowest BCUT2D eigenvalue weighted by Gasteiger charge is -2.06. The molecule has 0 aromatic carbocycles. The monoisotopic (exact) mass is 180 g/mol. The fraction of sp³-hybridized carbons (Fsp3) is 0.375. The zero-order valence-electron chi connectivity index (χ0n) is 7.44. The van der Waals surface area contributed by atoms with Gasteiger partial charge in [-0.2, -0.15) is 0 Å². The average Bonchev–Trinajstić information content (AvgIpc) is 2.03. The van der Waals surface area contributed by atoms with Crippen molar-refractivity contribution in [1.29, 1.82) is 0 Å². The van der Waals surface area contributed by atoms with E-state index in [9.17, 15) is 9.90 Å². The molecule has 0 aliphatic heterocycles. The van der Waals surface area contributed by atoms with Crippen molar-refractivity contribution in [3.63, 3.8) is 0 Å². The van der Waals surface area contributed by atoms with Crippen molar-refractivity contribution in [2.24, 2.45) is 0 Å². The molecule has 69 valence electrons. The molecule has 1 aromatic rings. The summed E-state index contributed by atoms with van der Waals surface area (Å²) in [5.74, 6) is -1.08. The van der Waals surface area contributed by atoms with Gasteiger partial charge < -0.3 is 5.32 Å². The Morgan fingerprint density at radius 1 is 1.38 bits per heavy atom. The highest BCUT2D eigenvalue weighted by molar-refractivity contribution is 5.94. The Kier molecular flexibility index (Phi) is 2.79. The van der Waals surface area contributed by atoms with Crippen LogP contribution >= 0.6 is 0 Å². The molecule has 0 unspecified atom stereocenters. The van der Waals surface area contributed by atoms with E-state index in [4.69, 9.17) is 0 Å². The van der Waals surface area contributed by atoms with E-state index in [1.807, 2.05) is 0 Å². The Morgan fingerprint density at radius 3 is 2.54 bits per heavy atom. The number of nitrogens with one attached hydrogen (secondary N) is 1. The third-order valence-corrected chi connectivity index (χ3v) is 1.30. The van der Waals surface area contributed by atoms with E-state index >= 15 is 0 Å². The van der Waals surface area contributed by atoms with Gasteiger partial charge in [0.25, 0.3) is 5.91 Å². The Bertz CT molecular complexity index is 312. The molecule has 0 bridgehead atoms. The fourth-order valence-electron chi connectivity index (χ4n) is 0.812. The van der Waals surface area contributed by atoms with Crippen LogP contribution in [0.2, 0.25) is 0 Å². The standard InChI is InChI=1S/C8H10N3O2/c1-5(2)11-8(13)6-7(12)10-4-3-9-6/h3-5H,1-2H3,(H,11,13). The topological polar surface area (TPSA) is 74.8 Å². The summed E-state index contributed by atoms with van der Waals surface area (Å²) >= 11 is 0. The van der Waals surface area contributed by atoms with Gasteiger partial charge in [0, 0.05) is 18.4 Å². The molecule has 1 heterocycles. The summed E-state index contributed by atoms with van der Waals surface area (Å²) in [6.07, 6.45) is 2.57. The third-order valence-electron chi connectivity index (χ3n) is 1.30. The van der Waals surface area contributed by atoms with Crippen LogP contribution in [-0.2, 0) is 5.11 Å². The lowest BCUT2D eigenvalue weighted by Crippen LogP contribution is -2.30. The summed E-state index contributed by atoms with van der Waals surface area (Å²) in [5.41, 5.74) is -0.156. The SMILES string of the molecule is CC(C)NC(=O)c1nccnc1[O]. The van der Waals surface area contributed by atoms with Crippen molar-refractivity contribution in [2.45, 2.75) is 19.9 Å². The van der Waals surface area contributed by atoms with Crippen molar-refractivity contribution in [3.05, 3.63) is 18.1 Å². The first kappa shape index (κ1) is 9.44. The van der Waals surface area contributed by atoms with E-state index in [1.165, 1.54) is 12.4 Å². The summed E-state index contributed by atoms with van der Waals surface area (Å²) in [7, 11) is 0. The molecule has 1 rings (SSSR count). The lowest BCUT2D eigenvalue weighted by atomic mass is 10.3. The van der Waals surface area contributed by atoms with Gasteiger partial charge in [-0.05, 0) is 13.8 Å². The molecule has 5 heteroatoms.